The van der Waals surface area contributed by atoms with Crippen LogP contribution in [0.5, 0.6) is 0 Å². The van der Waals surface area contributed by atoms with Crippen molar-refractivity contribution in [3.05, 3.63) is 41.6 Å². The smallest absolute Gasteiger partial charge is 0.272 e. The molecule has 1 amide bonds. The van der Waals surface area contributed by atoms with E-state index in [4.69, 9.17) is 0 Å². The first-order valence-corrected chi connectivity index (χ1v) is 8.83. The number of rotatable bonds is 2. The van der Waals surface area contributed by atoms with Crippen molar-refractivity contribution in [3.63, 3.8) is 0 Å². The topological polar surface area (TPSA) is 48.5 Å². The van der Waals surface area contributed by atoms with Crippen molar-refractivity contribution < 1.29 is 4.79 Å². The van der Waals surface area contributed by atoms with Gasteiger partial charge in [-0.25, -0.2) is 4.98 Å². The van der Waals surface area contributed by atoms with Crippen molar-refractivity contribution in [1.82, 2.24) is 20.1 Å². The number of aryl methyl sites for hydroxylation is 1. The molecule has 2 aliphatic rings. The van der Waals surface area contributed by atoms with Crippen LogP contribution in [0.1, 0.15) is 22.5 Å². The molecular formula is C19H24N4O. The zero-order chi connectivity index (χ0) is 16.5. The van der Waals surface area contributed by atoms with Gasteiger partial charge in [-0.3, -0.25) is 9.69 Å². The van der Waals surface area contributed by atoms with Crippen LogP contribution in [0.3, 0.4) is 0 Å². The average Bonchev–Trinajstić information content (AvgIpc) is 3.12. The molecule has 4 rings (SSSR count). The predicted octanol–water partition coefficient (Wildman–Crippen LogP) is 1.66. The van der Waals surface area contributed by atoms with E-state index in [2.05, 4.69) is 21.3 Å². The first-order chi connectivity index (χ1) is 11.7. The number of fused-ring (bicyclic) bond motifs is 1. The number of para-hydroxylation sites is 1. The first-order valence-electron chi connectivity index (χ1n) is 8.83. The molecule has 2 saturated heterocycles. The summed E-state index contributed by atoms with van der Waals surface area (Å²) in [6.45, 7) is 7.98. The molecule has 0 radical (unpaired) electrons. The maximum atomic E-state index is 12.9. The van der Waals surface area contributed by atoms with E-state index in [0.717, 1.165) is 62.2 Å². The second kappa shape index (κ2) is 6.49. The van der Waals surface area contributed by atoms with Gasteiger partial charge in [-0.2, -0.15) is 0 Å². The Balaban J connectivity index is 1.52. The number of carbonyl (C=O) groups excluding carboxylic acids is 1. The second-order valence-corrected chi connectivity index (χ2v) is 6.82. The third kappa shape index (κ3) is 2.89. The Morgan fingerprint density at radius 1 is 1.21 bits per heavy atom. The van der Waals surface area contributed by atoms with Crippen LogP contribution in [-0.2, 0) is 0 Å². The molecule has 1 unspecified atom stereocenters. The zero-order valence-corrected chi connectivity index (χ0v) is 14.2. The number of aromatic nitrogens is 1. The van der Waals surface area contributed by atoms with Crippen molar-refractivity contribution in [1.29, 1.82) is 0 Å². The second-order valence-electron chi connectivity index (χ2n) is 6.82. The fraction of sp³-hybridized carbons (Fsp3) is 0.474. The van der Waals surface area contributed by atoms with Crippen LogP contribution < -0.4 is 5.32 Å². The SMILES string of the molecule is Cc1cc(C(=O)N2CCC(N3CCNCC3)C2)nc2ccccc12. The van der Waals surface area contributed by atoms with Gasteiger partial charge in [0.2, 0.25) is 0 Å². The molecule has 2 fully saturated rings. The fourth-order valence-electron chi connectivity index (χ4n) is 3.89. The molecule has 126 valence electrons. The minimum Gasteiger partial charge on any atom is -0.336 e. The molecule has 1 N–H and O–H groups in total. The number of carbonyl (C=O) groups is 1. The third-order valence-corrected chi connectivity index (χ3v) is 5.26. The summed E-state index contributed by atoms with van der Waals surface area (Å²) in [5.41, 5.74) is 2.59. The summed E-state index contributed by atoms with van der Waals surface area (Å²) >= 11 is 0. The number of nitrogens with zero attached hydrogens (tertiary/aromatic N) is 3. The molecule has 5 heteroatoms. The molecule has 5 nitrogen and oxygen atoms in total. The molecule has 3 heterocycles. The Labute approximate surface area is 142 Å². The van der Waals surface area contributed by atoms with Gasteiger partial charge in [0.1, 0.15) is 5.69 Å². The minimum absolute atomic E-state index is 0.0708. The van der Waals surface area contributed by atoms with Gasteiger partial charge in [0.25, 0.3) is 5.91 Å². The Bertz CT molecular complexity index is 754. The molecule has 24 heavy (non-hydrogen) atoms. The van der Waals surface area contributed by atoms with Crippen LogP contribution in [0.25, 0.3) is 10.9 Å². The van der Waals surface area contributed by atoms with Gasteiger partial charge in [-0.15, -0.1) is 0 Å². The Morgan fingerprint density at radius 2 is 2.00 bits per heavy atom. The summed E-state index contributed by atoms with van der Waals surface area (Å²) in [6, 6.07) is 10.5. The van der Waals surface area contributed by atoms with Gasteiger partial charge >= 0.3 is 0 Å². The number of nitrogens with one attached hydrogen (secondary N) is 1. The third-order valence-electron chi connectivity index (χ3n) is 5.26. The summed E-state index contributed by atoms with van der Waals surface area (Å²) < 4.78 is 0. The largest absolute Gasteiger partial charge is 0.336 e. The van der Waals surface area contributed by atoms with E-state index in [1.807, 2.05) is 36.1 Å². The molecule has 1 aromatic carbocycles. The zero-order valence-electron chi connectivity index (χ0n) is 14.2. The van der Waals surface area contributed by atoms with E-state index < -0.39 is 0 Å². The van der Waals surface area contributed by atoms with Gasteiger partial charge in [0.05, 0.1) is 5.52 Å². The van der Waals surface area contributed by atoms with E-state index in [1.165, 1.54) is 0 Å². The number of hydrogen-bond donors (Lipinski definition) is 1. The molecule has 1 aromatic heterocycles. The molecule has 1 atom stereocenters. The number of benzene rings is 1. The van der Waals surface area contributed by atoms with Gasteiger partial charge < -0.3 is 10.2 Å². The molecule has 0 saturated carbocycles. The molecule has 2 aliphatic heterocycles. The van der Waals surface area contributed by atoms with Crippen LogP contribution in [-0.4, -0.2) is 66.0 Å². The van der Waals surface area contributed by atoms with Gasteiger partial charge in [0, 0.05) is 50.7 Å². The molecular weight excluding hydrogens is 300 g/mol. The lowest BCUT2D eigenvalue weighted by Gasteiger charge is -2.32. The summed E-state index contributed by atoms with van der Waals surface area (Å²) in [7, 11) is 0. The fourth-order valence-corrected chi connectivity index (χ4v) is 3.89. The number of amides is 1. The average molecular weight is 324 g/mol. The van der Waals surface area contributed by atoms with Crippen molar-refractivity contribution >= 4 is 16.8 Å². The summed E-state index contributed by atoms with van der Waals surface area (Å²) in [5, 5.41) is 4.51. The predicted molar refractivity (Wildman–Crippen MR) is 95.2 cm³/mol. The van der Waals surface area contributed by atoms with Gasteiger partial charge in [0.15, 0.2) is 0 Å². The van der Waals surface area contributed by atoms with E-state index in [-0.39, 0.29) is 5.91 Å². The lowest BCUT2D eigenvalue weighted by Crippen LogP contribution is -2.49. The van der Waals surface area contributed by atoms with E-state index in [9.17, 15) is 4.79 Å². The quantitative estimate of drug-likeness (QED) is 0.913. The highest BCUT2D eigenvalue weighted by Crippen LogP contribution is 2.21. The van der Waals surface area contributed by atoms with Crippen LogP contribution in [0.2, 0.25) is 0 Å². The summed E-state index contributed by atoms with van der Waals surface area (Å²) in [6.07, 6.45) is 1.07. The Kier molecular flexibility index (Phi) is 4.21. The molecule has 0 bridgehead atoms. The number of hydrogen-bond acceptors (Lipinski definition) is 4. The standard InChI is InChI=1S/C19H24N4O/c1-14-12-18(21-17-5-3-2-4-16(14)17)19(24)23-9-6-15(13-23)22-10-7-20-8-11-22/h2-5,12,15,20H,6-11,13H2,1H3. The summed E-state index contributed by atoms with van der Waals surface area (Å²) in [4.78, 5) is 22.0. The summed E-state index contributed by atoms with van der Waals surface area (Å²) in [5.74, 6) is 0.0708. The first kappa shape index (κ1) is 15.5. The molecule has 0 aliphatic carbocycles. The van der Waals surface area contributed by atoms with Crippen molar-refractivity contribution in [3.8, 4) is 0 Å². The Hall–Kier alpha value is -1.98. The lowest BCUT2D eigenvalue weighted by atomic mass is 10.1. The molecule has 2 aromatic rings. The molecule has 0 spiro atoms. The maximum absolute atomic E-state index is 12.9. The van der Waals surface area contributed by atoms with Crippen LogP contribution in [0.15, 0.2) is 30.3 Å². The Morgan fingerprint density at radius 3 is 2.83 bits per heavy atom. The van der Waals surface area contributed by atoms with E-state index in [1.54, 1.807) is 0 Å². The van der Waals surface area contributed by atoms with Crippen molar-refractivity contribution in [2.24, 2.45) is 0 Å². The van der Waals surface area contributed by atoms with Crippen LogP contribution in [0.4, 0.5) is 0 Å². The minimum atomic E-state index is 0.0708. The van der Waals surface area contributed by atoms with Crippen molar-refractivity contribution in [2.45, 2.75) is 19.4 Å². The number of piperazine rings is 1. The van der Waals surface area contributed by atoms with E-state index >= 15 is 0 Å². The number of pyridine rings is 1. The highest BCUT2D eigenvalue weighted by atomic mass is 16.2. The normalized spacial score (nSPS) is 22.2. The monoisotopic (exact) mass is 324 g/mol. The highest BCUT2D eigenvalue weighted by Gasteiger charge is 2.31. The van der Waals surface area contributed by atoms with Crippen LogP contribution in [0, 0.1) is 6.92 Å². The van der Waals surface area contributed by atoms with Gasteiger partial charge in [-0.05, 0) is 31.0 Å². The van der Waals surface area contributed by atoms with E-state index in [0.29, 0.717) is 11.7 Å². The highest BCUT2D eigenvalue weighted by molar-refractivity contribution is 5.96. The maximum Gasteiger partial charge on any atom is 0.272 e. The number of likely N-dealkylation sites (tertiary alicyclic amines) is 1. The lowest BCUT2D eigenvalue weighted by molar-refractivity contribution is 0.0768. The van der Waals surface area contributed by atoms with Gasteiger partial charge in [-0.1, -0.05) is 18.2 Å². The van der Waals surface area contributed by atoms with Crippen LogP contribution >= 0.6 is 0 Å². The van der Waals surface area contributed by atoms with Crippen molar-refractivity contribution in [2.75, 3.05) is 39.3 Å².